The number of amides is 1. The second kappa shape index (κ2) is 5.21. The van der Waals surface area contributed by atoms with Crippen LogP contribution in [0.15, 0.2) is 0 Å². The van der Waals surface area contributed by atoms with Gasteiger partial charge in [0, 0.05) is 19.1 Å². The average molecular weight is 228 g/mol. The lowest BCUT2D eigenvalue weighted by Crippen LogP contribution is -2.44. The predicted octanol–water partition coefficient (Wildman–Crippen LogP) is 1.22. The molecule has 2 aliphatic heterocycles. The first-order valence-electron chi connectivity index (χ1n) is 5.95. The van der Waals surface area contributed by atoms with Crippen LogP contribution in [0.5, 0.6) is 0 Å². The molecule has 15 heavy (non-hydrogen) atoms. The molecule has 3 nitrogen and oxygen atoms in total. The van der Waals surface area contributed by atoms with Gasteiger partial charge in [-0.15, -0.1) is 11.8 Å². The van der Waals surface area contributed by atoms with Crippen molar-refractivity contribution in [1.29, 1.82) is 0 Å². The lowest BCUT2D eigenvalue weighted by atomic mass is 10.1. The molecule has 2 saturated heterocycles. The van der Waals surface area contributed by atoms with Gasteiger partial charge in [0.2, 0.25) is 5.91 Å². The fourth-order valence-corrected chi connectivity index (χ4v) is 3.76. The molecule has 2 atom stereocenters. The van der Waals surface area contributed by atoms with Crippen molar-refractivity contribution >= 4 is 17.7 Å². The summed E-state index contributed by atoms with van der Waals surface area (Å²) in [7, 11) is 0. The highest BCUT2D eigenvalue weighted by Gasteiger charge is 2.33. The van der Waals surface area contributed by atoms with Crippen molar-refractivity contribution in [2.75, 3.05) is 18.8 Å². The Bertz CT molecular complexity index is 229. The topological polar surface area (TPSA) is 46.3 Å². The molecule has 0 bridgehead atoms. The molecule has 0 aromatic rings. The number of carbonyl (C=O) groups excluding carboxylic acids is 1. The molecule has 0 aromatic heterocycles. The summed E-state index contributed by atoms with van der Waals surface area (Å²) in [5.74, 6) is 1.50. The van der Waals surface area contributed by atoms with Crippen LogP contribution in [0.4, 0.5) is 0 Å². The van der Waals surface area contributed by atoms with Gasteiger partial charge in [-0.05, 0) is 31.4 Å². The molecule has 1 amide bonds. The number of nitrogens with zero attached hydrogens (tertiary/aromatic N) is 1. The lowest BCUT2D eigenvalue weighted by Gasteiger charge is -2.29. The third kappa shape index (κ3) is 2.48. The van der Waals surface area contributed by atoms with Crippen molar-refractivity contribution in [1.82, 2.24) is 4.90 Å². The number of rotatable bonds is 2. The highest BCUT2D eigenvalue weighted by Crippen LogP contribution is 2.29. The Morgan fingerprint density at radius 3 is 2.87 bits per heavy atom. The summed E-state index contributed by atoms with van der Waals surface area (Å²) in [6.07, 6.45) is 5.78. The molecule has 2 aliphatic rings. The van der Waals surface area contributed by atoms with E-state index in [4.69, 9.17) is 5.73 Å². The standard InChI is InChI=1S/C11H20N2OS/c12-8-9-4-3-6-13(9)11(14)10-5-1-2-7-15-10/h9-10H,1-8,12H2. The lowest BCUT2D eigenvalue weighted by molar-refractivity contribution is -0.131. The van der Waals surface area contributed by atoms with E-state index in [9.17, 15) is 4.79 Å². The third-order valence-corrected chi connectivity index (χ3v) is 4.75. The minimum atomic E-state index is 0.228. The van der Waals surface area contributed by atoms with Crippen molar-refractivity contribution in [3.63, 3.8) is 0 Å². The maximum absolute atomic E-state index is 12.2. The van der Waals surface area contributed by atoms with Crippen molar-refractivity contribution in [3.05, 3.63) is 0 Å². The molecule has 4 heteroatoms. The van der Waals surface area contributed by atoms with E-state index in [0.717, 1.165) is 31.6 Å². The number of nitrogens with two attached hydrogens (primary N) is 1. The van der Waals surface area contributed by atoms with E-state index in [0.29, 0.717) is 18.5 Å². The van der Waals surface area contributed by atoms with Crippen molar-refractivity contribution in [2.45, 2.75) is 43.4 Å². The zero-order valence-corrected chi connectivity index (χ0v) is 9.97. The Hall–Kier alpha value is -0.220. The summed E-state index contributed by atoms with van der Waals surface area (Å²) in [6.45, 7) is 1.56. The first-order valence-corrected chi connectivity index (χ1v) is 7.00. The number of thioether (sulfide) groups is 1. The van der Waals surface area contributed by atoms with E-state index < -0.39 is 0 Å². The van der Waals surface area contributed by atoms with Crippen molar-refractivity contribution in [2.24, 2.45) is 5.73 Å². The number of carbonyl (C=O) groups is 1. The average Bonchev–Trinajstić information content (AvgIpc) is 2.77. The van der Waals surface area contributed by atoms with Gasteiger partial charge in [-0.3, -0.25) is 4.79 Å². The number of hydrogen-bond donors (Lipinski definition) is 1. The molecule has 2 rings (SSSR count). The zero-order chi connectivity index (χ0) is 10.7. The minimum Gasteiger partial charge on any atom is -0.337 e. The van der Waals surface area contributed by atoms with Crippen LogP contribution < -0.4 is 5.73 Å². The normalized spacial score (nSPS) is 31.9. The SMILES string of the molecule is NCC1CCCN1C(=O)C1CCCCS1. The van der Waals surface area contributed by atoms with Gasteiger partial charge in [0.25, 0.3) is 0 Å². The second-order valence-corrected chi connectivity index (χ2v) is 5.73. The Balaban J connectivity index is 1.93. The summed E-state index contributed by atoms with van der Waals surface area (Å²) in [5, 5.41) is 0.228. The van der Waals surface area contributed by atoms with Crippen LogP contribution in [0, 0.1) is 0 Å². The summed E-state index contributed by atoms with van der Waals surface area (Å²) in [5.41, 5.74) is 5.69. The minimum absolute atomic E-state index is 0.228. The van der Waals surface area contributed by atoms with Crippen LogP contribution in [0.1, 0.15) is 32.1 Å². The zero-order valence-electron chi connectivity index (χ0n) is 9.15. The predicted molar refractivity (Wildman–Crippen MR) is 63.9 cm³/mol. The molecule has 0 radical (unpaired) electrons. The molecule has 0 aliphatic carbocycles. The molecule has 0 saturated carbocycles. The molecule has 2 heterocycles. The van der Waals surface area contributed by atoms with E-state index in [2.05, 4.69) is 0 Å². The molecule has 0 spiro atoms. The van der Waals surface area contributed by atoms with E-state index in [1.165, 1.54) is 12.8 Å². The molecule has 86 valence electrons. The van der Waals surface area contributed by atoms with Crippen LogP contribution in [0.2, 0.25) is 0 Å². The summed E-state index contributed by atoms with van der Waals surface area (Å²) in [4.78, 5) is 14.2. The first kappa shape index (κ1) is 11.3. The van der Waals surface area contributed by atoms with Crippen LogP contribution in [-0.4, -0.2) is 40.9 Å². The summed E-state index contributed by atoms with van der Waals surface area (Å²) < 4.78 is 0. The Morgan fingerprint density at radius 2 is 2.20 bits per heavy atom. The van der Waals surface area contributed by atoms with E-state index in [-0.39, 0.29) is 5.25 Å². The fourth-order valence-electron chi connectivity index (χ4n) is 2.49. The van der Waals surface area contributed by atoms with Gasteiger partial charge in [0.15, 0.2) is 0 Å². The van der Waals surface area contributed by atoms with E-state index in [1.54, 1.807) is 0 Å². The molecule has 0 aromatic carbocycles. The highest BCUT2D eigenvalue weighted by molar-refractivity contribution is 8.00. The fraction of sp³-hybridized carbons (Fsp3) is 0.909. The summed E-state index contributed by atoms with van der Waals surface area (Å²) in [6, 6.07) is 0.319. The molecule has 2 unspecified atom stereocenters. The maximum Gasteiger partial charge on any atom is 0.235 e. The van der Waals surface area contributed by atoms with Gasteiger partial charge in [0.1, 0.15) is 0 Å². The number of hydrogen-bond acceptors (Lipinski definition) is 3. The molecule has 2 N–H and O–H groups in total. The van der Waals surface area contributed by atoms with Crippen LogP contribution in [0.3, 0.4) is 0 Å². The largest absolute Gasteiger partial charge is 0.337 e. The van der Waals surface area contributed by atoms with Gasteiger partial charge >= 0.3 is 0 Å². The quantitative estimate of drug-likeness (QED) is 0.773. The molecular weight excluding hydrogens is 208 g/mol. The Kier molecular flexibility index (Phi) is 3.92. The Morgan fingerprint density at radius 1 is 1.33 bits per heavy atom. The van der Waals surface area contributed by atoms with Crippen molar-refractivity contribution in [3.8, 4) is 0 Å². The van der Waals surface area contributed by atoms with Gasteiger partial charge in [-0.1, -0.05) is 6.42 Å². The van der Waals surface area contributed by atoms with Gasteiger partial charge in [-0.2, -0.15) is 0 Å². The highest BCUT2D eigenvalue weighted by atomic mass is 32.2. The Labute approximate surface area is 95.8 Å². The first-order chi connectivity index (χ1) is 7.33. The van der Waals surface area contributed by atoms with E-state index in [1.807, 2.05) is 16.7 Å². The third-order valence-electron chi connectivity index (χ3n) is 3.39. The van der Waals surface area contributed by atoms with Gasteiger partial charge in [-0.25, -0.2) is 0 Å². The monoisotopic (exact) mass is 228 g/mol. The second-order valence-electron chi connectivity index (χ2n) is 4.42. The summed E-state index contributed by atoms with van der Waals surface area (Å²) >= 11 is 1.84. The maximum atomic E-state index is 12.2. The number of likely N-dealkylation sites (tertiary alicyclic amines) is 1. The van der Waals surface area contributed by atoms with Crippen LogP contribution in [0.25, 0.3) is 0 Å². The van der Waals surface area contributed by atoms with Gasteiger partial charge < -0.3 is 10.6 Å². The van der Waals surface area contributed by atoms with E-state index >= 15 is 0 Å². The van der Waals surface area contributed by atoms with Crippen LogP contribution in [-0.2, 0) is 4.79 Å². The van der Waals surface area contributed by atoms with Gasteiger partial charge in [0.05, 0.1) is 5.25 Å². The van der Waals surface area contributed by atoms with Crippen molar-refractivity contribution < 1.29 is 4.79 Å². The molecule has 2 fully saturated rings. The molecular formula is C11H20N2OS. The van der Waals surface area contributed by atoms with Crippen LogP contribution >= 0.6 is 11.8 Å². The smallest absolute Gasteiger partial charge is 0.235 e.